The summed E-state index contributed by atoms with van der Waals surface area (Å²) in [6.45, 7) is 1.30. The number of thiophene rings is 1. The van der Waals surface area contributed by atoms with E-state index < -0.39 is 6.04 Å². The quantitative estimate of drug-likeness (QED) is 0.522. The highest BCUT2D eigenvalue weighted by molar-refractivity contribution is 7.09. The van der Waals surface area contributed by atoms with Gasteiger partial charge in [-0.15, -0.1) is 11.3 Å². The summed E-state index contributed by atoms with van der Waals surface area (Å²) in [6.07, 6.45) is 4.19. The molecule has 0 radical (unpaired) electrons. The van der Waals surface area contributed by atoms with E-state index in [1.807, 2.05) is 46.3 Å². The molecule has 0 bridgehead atoms. The average molecular weight is 420 g/mol. The predicted octanol–water partition coefficient (Wildman–Crippen LogP) is 2.98. The molecule has 3 aromatic heterocycles. The highest BCUT2D eigenvalue weighted by Gasteiger charge is 2.33. The van der Waals surface area contributed by atoms with Gasteiger partial charge < -0.3 is 19.8 Å². The second kappa shape index (κ2) is 7.79. The number of fused-ring (bicyclic) bond motifs is 2. The first kappa shape index (κ1) is 18.6. The van der Waals surface area contributed by atoms with E-state index in [0.29, 0.717) is 25.3 Å². The zero-order chi connectivity index (χ0) is 20.5. The topological polar surface area (TPSA) is 83.0 Å². The fourth-order valence-electron chi connectivity index (χ4n) is 3.90. The van der Waals surface area contributed by atoms with E-state index in [1.165, 1.54) is 4.88 Å². The first-order valence-corrected chi connectivity index (χ1v) is 10.7. The van der Waals surface area contributed by atoms with Gasteiger partial charge >= 0.3 is 0 Å². The Hall–Kier alpha value is -3.39. The Morgan fingerprint density at radius 1 is 1.23 bits per heavy atom. The molecule has 0 saturated carbocycles. The van der Waals surface area contributed by atoms with Crippen molar-refractivity contribution < 1.29 is 9.59 Å². The molecule has 0 aliphatic carbocycles. The third-order valence-electron chi connectivity index (χ3n) is 5.43. The average Bonchev–Trinajstić information content (AvgIpc) is 3.52. The van der Waals surface area contributed by atoms with E-state index in [4.69, 9.17) is 0 Å². The fourth-order valence-corrected chi connectivity index (χ4v) is 4.61. The molecular weight excluding hydrogens is 398 g/mol. The van der Waals surface area contributed by atoms with Crippen LogP contribution in [-0.2, 0) is 17.8 Å². The van der Waals surface area contributed by atoms with Gasteiger partial charge in [-0.25, -0.2) is 4.98 Å². The SMILES string of the molecule is O=C(NCCc1cccs1)C1CN(C(=O)c2cc3ccccc3[nH]2)Cc2cncn21. The Morgan fingerprint density at radius 3 is 2.97 bits per heavy atom. The molecule has 0 spiro atoms. The summed E-state index contributed by atoms with van der Waals surface area (Å²) in [7, 11) is 0. The molecule has 5 rings (SSSR count). The van der Waals surface area contributed by atoms with E-state index in [-0.39, 0.29) is 11.8 Å². The monoisotopic (exact) mass is 419 g/mol. The third kappa shape index (κ3) is 3.50. The first-order chi connectivity index (χ1) is 14.7. The van der Waals surface area contributed by atoms with Gasteiger partial charge in [0.2, 0.25) is 5.91 Å². The first-order valence-electron chi connectivity index (χ1n) is 9.87. The Balaban J connectivity index is 1.32. The lowest BCUT2D eigenvalue weighted by molar-refractivity contribution is -0.125. The molecular formula is C22H21N5O2S. The van der Waals surface area contributed by atoms with Crippen molar-refractivity contribution in [3.8, 4) is 0 Å². The van der Waals surface area contributed by atoms with Crippen LogP contribution in [-0.4, -0.2) is 44.3 Å². The highest BCUT2D eigenvalue weighted by Crippen LogP contribution is 2.24. The lowest BCUT2D eigenvalue weighted by atomic mass is 10.1. The predicted molar refractivity (Wildman–Crippen MR) is 115 cm³/mol. The number of carbonyl (C=O) groups excluding carboxylic acids is 2. The third-order valence-corrected chi connectivity index (χ3v) is 6.37. The molecule has 152 valence electrons. The Labute approximate surface area is 177 Å². The number of hydrogen-bond donors (Lipinski definition) is 2. The Morgan fingerprint density at radius 2 is 2.13 bits per heavy atom. The summed E-state index contributed by atoms with van der Waals surface area (Å²) in [6, 6.07) is 13.2. The molecule has 0 saturated heterocycles. The number of nitrogens with one attached hydrogen (secondary N) is 2. The van der Waals surface area contributed by atoms with Crippen LogP contribution in [0.15, 0.2) is 60.4 Å². The molecule has 1 aliphatic rings. The molecule has 7 nitrogen and oxygen atoms in total. The lowest BCUT2D eigenvalue weighted by Crippen LogP contribution is -2.46. The van der Waals surface area contributed by atoms with Crippen molar-refractivity contribution in [2.45, 2.75) is 19.0 Å². The number of amides is 2. The van der Waals surface area contributed by atoms with Gasteiger partial charge in [0.15, 0.2) is 0 Å². The summed E-state index contributed by atoms with van der Waals surface area (Å²) < 4.78 is 1.87. The molecule has 8 heteroatoms. The zero-order valence-corrected chi connectivity index (χ0v) is 17.1. The molecule has 4 heterocycles. The molecule has 2 N–H and O–H groups in total. The lowest BCUT2D eigenvalue weighted by Gasteiger charge is -2.33. The highest BCUT2D eigenvalue weighted by atomic mass is 32.1. The standard InChI is InChI=1S/C22H21N5O2S/c28-21(24-8-7-17-5-3-9-30-17)20-13-26(12-16-11-23-14-27(16)20)22(29)19-10-15-4-1-2-6-18(15)25-19/h1-6,9-11,14,20,25H,7-8,12-13H2,(H,24,28). The largest absolute Gasteiger partial charge is 0.354 e. The smallest absolute Gasteiger partial charge is 0.270 e. The van der Waals surface area contributed by atoms with Gasteiger partial charge in [-0.3, -0.25) is 9.59 Å². The maximum absolute atomic E-state index is 13.2. The number of carbonyl (C=O) groups is 2. The summed E-state index contributed by atoms with van der Waals surface area (Å²) in [4.78, 5) is 36.4. The van der Waals surface area contributed by atoms with E-state index in [2.05, 4.69) is 21.4 Å². The minimum Gasteiger partial charge on any atom is -0.354 e. The number of aromatic nitrogens is 3. The Kier molecular flexibility index (Phi) is 4.84. The van der Waals surface area contributed by atoms with E-state index in [9.17, 15) is 9.59 Å². The van der Waals surface area contributed by atoms with Crippen molar-refractivity contribution in [3.05, 3.63) is 76.6 Å². The molecule has 30 heavy (non-hydrogen) atoms. The minimum absolute atomic E-state index is 0.0973. The molecule has 1 aliphatic heterocycles. The fraction of sp³-hybridized carbons (Fsp3) is 0.227. The van der Waals surface area contributed by atoms with Gasteiger partial charge in [0, 0.05) is 28.5 Å². The van der Waals surface area contributed by atoms with Crippen LogP contribution in [0, 0.1) is 0 Å². The van der Waals surface area contributed by atoms with Gasteiger partial charge in [-0.1, -0.05) is 24.3 Å². The van der Waals surface area contributed by atoms with E-state index >= 15 is 0 Å². The summed E-state index contributed by atoms with van der Waals surface area (Å²) >= 11 is 1.68. The number of benzene rings is 1. The number of imidazole rings is 1. The number of hydrogen-bond acceptors (Lipinski definition) is 4. The van der Waals surface area contributed by atoms with Gasteiger partial charge in [0.05, 0.1) is 25.1 Å². The van der Waals surface area contributed by atoms with Crippen molar-refractivity contribution in [1.29, 1.82) is 0 Å². The van der Waals surface area contributed by atoms with Crippen molar-refractivity contribution in [1.82, 2.24) is 24.8 Å². The van der Waals surface area contributed by atoms with Gasteiger partial charge in [-0.05, 0) is 30.0 Å². The van der Waals surface area contributed by atoms with Gasteiger partial charge in [0.25, 0.3) is 5.91 Å². The van der Waals surface area contributed by atoms with Crippen LogP contribution >= 0.6 is 11.3 Å². The van der Waals surface area contributed by atoms with Crippen LogP contribution in [0.4, 0.5) is 0 Å². The molecule has 1 atom stereocenters. The van der Waals surface area contributed by atoms with Crippen molar-refractivity contribution in [2.75, 3.05) is 13.1 Å². The number of H-pyrrole nitrogens is 1. The van der Waals surface area contributed by atoms with E-state index in [1.54, 1.807) is 28.8 Å². The summed E-state index contributed by atoms with van der Waals surface area (Å²) in [5, 5.41) is 6.04. The molecule has 4 aromatic rings. The van der Waals surface area contributed by atoms with Crippen LogP contribution in [0.3, 0.4) is 0 Å². The summed E-state index contributed by atoms with van der Waals surface area (Å²) in [5.41, 5.74) is 2.30. The van der Waals surface area contributed by atoms with Crippen molar-refractivity contribution >= 4 is 34.1 Å². The number of aromatic amines is 1. The number of para-hydroxylation sites is 1. The molecule has 0 fully saturated rings. The second-order valence-corrected chi connectivity index (χ2v) is 8.42. The Bertz CT molecular complexity index is 1160. The number of rotatable bonds is 5. The maximum atomic E-state index is 13.2. The molecule has 2 amide bonds. The zero-order valence-electron chi connectivity index (χ0n) is 16.2. The maximum Gasteiger partial charge on any atom is 0.270 e. The normalized spacial score (nSPS) is 15.9. The van der Waals surface area contributed by atoms with Crippen molar-refractivity contribution in [3.63, 3.8) is 0 Å². The van der Waals surface area contributed by atoms with Gasteiger partial charge in [0.1, 0.15) is 11.7 Å². The van der Waals surface area contributed by atoms with Gasteiger partial charge in [-0.2, -0.15) is 0 Å². The second-order valence-electron chi connectivity index (χ2n) is 7.38. The molecule has 1 aromatic carbocycles. The molecule has 1 unspecified atom stereocenters. The van der Waals surface area contributed by atoms with Crippen LogP contribution in [0.25, 0.3) is 10.9 Å². The minimum atomic E-state index is -0.493. The number of nitrogens with zero attached hydrogens (tertiary/aromatic N) is 3. The van der Waals surface area contributed by atoms with Crippen LogP contribution in [0.2, 0.25) is 0 Å². The van der Waals surface area contributed by atoms with E-state index in [0.717, 1.165) is 23.0 Å². The van der Waals surface area contributed by atoms with Crippen LogP contribution in [0.5, 0.6) is 0 Å². The summed E-state index contributed by atoms with van der Waals surface area (Å²) in [5.74, 6) is -0.213. The van der Waals surface area contributed by atoms with Crippen molar-refractivity contribution in [2.24, 2.45) is 0 Å². The van der Waals surface area contributed by atoms with Crippen LogP contribution in [0.1, 0.15) is 27.1 Å². The van der Waals surface area contributed by atoms with Crippen LogP contribution < -0.4 is 5.32 Å².